The van der Waals surface area contributed by atoms with Crippen LogP contribution in [0, 0.1) is 0 Å². The number of hydrogen-bond donors (Lipinski definition) is 7. The highest BCUT2D eigenvalue weighted by Crippen LogP contribution is 2.32. The average Bonchev–Trinajstić information content (AvgIpc) is 3.67. The molecule has 16 nitrogen and oxygen atoms in total. The molecule has 1 aromatic carbocycles. The second-order valence-corrected chi connectivity index (χ2v) is 10.0. The molecule has 1 fully saturated rings. The number of halogens is 3. The van der Waals surface area contributed by atoms with Crippen LogP contribution < -0.4 is 21.7 Å². The average molecular weight is 639 g/mol. The Morgan fingerprint density at radius 2 is 1.78 bits per heavy atom. The molecule has 1 saturated heterocycles. The van der Waals surface area contributed by atoms with Crippen LogP contribution in [0.15, 0.2) is 30.9 Å². The molecule has 5 rings (SSSR count). The molecule has 3 amide bonds. The predicted octanol–water partition coefficient (Wildman–Crippen LogP) is 0.220. The van der Waals surface area contributed by atoms with E-state index in [1.165, 1.54) is 17.2 Å². The van der Waals surface area contributed by atoms with Gasteiger partial charge in [0.05, 0.1) is 6.33 Å². The van der Waals surface area contributed by atoms with Crippen molar-refractivity contribution in [2.24, 2.45) is 0 Å². The van der Waals surface area contributed by atoms with Gasteiger partial charge in [-0.05, 0) is 25.0 Å². The van der Waals surface area contributed by atoms with E-state index in [0.717, 1.165) is 5.56 Å². The van der Waals surface area contributed by atoms with Crippen molar-refractivity contribution >= 4 is 46.4 Å². The molecule has 8 N–H and O–H groups in total. The second kappa shape index (κ2) is 13.8. The van der Waals surface area contributed by atoms with Gasteiger partial charge in [-0.3, -0.25) is 19.0 Å². The summed E-state index contributed by atoms with van der Waals surface area (Å²) in [6.45, 7) is 0.369. The van der Waals surface area contributed by atoms with Crippen LogP contribution in [-0.2, 0) is 25.7 Å². The third kappa shape index (κ3) is 7.80. The lowest BCUT2D eigenvalue weighted by Crippen LogP contribution is -2.39. The Morgan fingerprint density at radius 3 is 2.47 bits per heavy atom. The summed E-state index contributed by atoms with van der Waals surface area (Å²) >= 11 is 0. The Morgan fingerprint density at radius 1 is 1.09 bits per heavy atom. The quantitative estimate of drug-likeness (QED) is 0.156. The minimum Gasteiger partial charge on any atom is -0.475 e. The van der Waals surface area contributed by atoms with E-state index in [2.05, 4.69) is 30.9 Å². The van der Waals surface area contributed by atoms with E-state index in [1.54, 1.807) is 18.2 Å². The molecule has 0 aliphatic carbocycles. The van der Waals surface area contributed by atoms with Gasteiger partial charge < -0.3 is 41.7 Å². The number of fused-ring (bicyclic) bond motifs is 2. The number of aliphatic carboxylic acids is 1. The minimum atomic E-state index is -5.08. The maximum Gasteiger partial charge on any atom is 0.490 e. The molecular formula is C26H29F3N8O8. The first-order valence-corrected chi connectivity index (χ1v) is 13.5. The number of anilines is 2. The zero-order chi connectivity index (χ0) is 32.9. The second-order valence-electron chi connectivity index (χ2n) is 10.0. The largest absolute Gasteiger partial charge is 0.490 e. The van der Waals surface area contributed by atoms with Gasteiger partial charge in [0.25, 0.3) is 5.91 Å². The summed E-state index contributed by atoms with van der Waals surface area (Å²) in [5.41, 5.74) is 8.44. The summed E-state index contributed by atoms with van der Waals surface area (Å²) in [4.78, 5) is 57.4. The molecule has 0 radical (unpaired) electrons. The van der Waals surface area contributed by atoms with Crippen molar-refractivity contribution in [2.75, 3.05) is 17.6 Å². The molecule has 4 heterocycles. The lowest BCUT2D eigenvalue weighted by molar-refractivity contribution is -0.192. The van der Waals surface area contributed by atoms with E-state index >= 15 is 0 Å². The number of aliphatic hydroxyl groups is 2. The number of hydrogen-bond acceptors (Lipinski definition) is 11. The molecule has 2 aliphatic heterocycles. The molecule has 242 valence electrons. The number of unbranched alkanes of at least 4 members (excludes halogenated alkanes) is 1. The Kier molecular flexibility index (Phi) is 10.1. The Bertz CT molecular complexity index is 1580. The first-order chi connectivity index (χ1) is 21.3. The molecule has 4 atom stereocenters. The van der Waals surface area contributed by atoms with Crippen molar-refractivity contribution in [3.63, 3.8) is 0 Å². The number of aliphatic hydroxyl groups excluding tert-OH is 2. The molecule has 0 unspecified atom stereocenters. The molecule has 3 aromatic rings. The number of nitrogens with two attached hydrogens (primary N) is 1. The number of carbonyl (C=O) groups excluding carboxylic acids is 3. The van der Waals surface area contributed by atoms with Gasteiger partial charge in [0, 0.05) is 42.7 Å². The number of carboxylic acid groups (broad SMARTS) is 1. The van der Waals surface area contributed by atoms with E-state index in [0.29, 0.717) is 41.8 Å². The van der Waals surface area contributed by atoms with Gasteiger partial charge in [-0.15, -0.1) is 0 Å². The van der Waals surface area contributed by atoms with Crippen molar-refractivity contribution in [3.8, 4) is 0 Å². The van der Waals surface area contributed by atoms with Gasteiger partial charge in [-0.2, -0.15) is 13.2 Å². The van der Waals surface area contributed by atoms with Crippen LogP contribution in [0.1, 0.15) is 47.8 Å². The third-order valence-corrected chi connectivity index (χ3v) is 6.92. The number of carboxylic acids is 1. The fourth-order valence-electron chi connectivity index (χ4n) is 4.64. The summed E-state index contributed by atoms with van der Waals surface area (Å²) in [6, 6.07) is 5.19. The van der Waals surface area contributed by atoms with Gasteiger partial charge in [0.1, 0.15) is 30.2 Å². The highest BCUT2D eigenvalue weighted by atomic mass is 19.4. The highest BCUT2D eigenvalue weighted by Gasteiger charge is 2.44. The zero-order valence-corrected chi connectivity index (χ0v) is 23.3. The molecular weight excluding hydrogens is 609 g/mol. The molecule has 2 aliphatic rings. The monoisotopic (exact) mass is 638 g/mol. The van der Waals surface area contributed by atoms with E-state index in [-0.39, 0.29) is 42.9 Å². The zero-order valence-electron chi connectivity index (χ0n) is 23.3. The lowest BCUT2D eigenvalue weighted by atomic mass is 10.1. The minimum absolute atomic E-state index is 0.0102. The van der Waals surface area contributed by atoms with Crippen molar-refractivity contribution in [3.05, 3.63) is 42.0 Å². The summed E-state index contributed by atoms with van der Waals surface area (Å²) < 4.78 is 39.0. The van der Waals surface area contributed by atoms with E-state index in [9.17, 15) is 37.8 Å². The topological polar surface area (TPSA) is 244 Å². The highest BCUT2D eigenvalue weighted by molar-refractivity contribution is 6.02. The van der Waals surface area contributed by atoms with Crippen molar-refractivity contribution in [1.82, 2.24) is 30.2 Å². The Labute approximate surface area is 251 Å². The molecule has 19 heteroatoms. The molecule has 0 spiro atoms. The SMILES string of the molecule is Nc1ncnc2c1ncn2[C@@H]1O[C@H](CNC(=O)CCCCC(=O)Nc2cccc3c2CNC3=O)[C@@H](O)[C@H]1O.O=C(O)C(F)(F)F. The molecule has 0 bridgehead atoms. The molecule has 45 heavy (non-hydrogen) atoms. The lowest BCUT2D eigenvalue weighted by Gasteiger charge is -2.16. The standard InChI is InChI=1S/C24H28N8O6.C2HF3O2/c25-21-18-22(29-10-28-21)32(11-30-18)24-20(36)19(35)15(38-24)9-26-16(33)6-1-2-7-17(34)31-14-5-3-4-12-13(14)8-27-23(12)37;3-2(4,5)1(6)7/h3-5,10-11,15,19-20,24,35-36H,1-2,6-9H2,(H,26,33)(H,27,37)(H,31,34)(H2,25,28,29);(H,6,7)/t15-,19-,20-,24-;/m1./s1. The predicted molar refractivity (Wildman–Crippen MR) is 147 cm³/mol. The van der Waals surface area contributed by atoms with Crippen LogP contribution in [0.4, 0.5) is 24.7 Å². The number of carbonyl (C=O) groups is 4. The number of rotatable bonds is 9. The maximum atomic E-state index is 12.3. The van der Waals surface area contributed by atoms with Crippen LogP contribution in [0.2, 0.25) is 0 Å². The Balaban J connectivity index is 0.000000591. The number of nitrogens with zero attached hydrogens (tertiary/aromatic N) is 4. The van der Waals surface area contributed by atoms with Crippen LogP contribution in [0.25, 0.3) is 11.2 Å². The number of benzene rings is 1. The summed E-state index contributed by atoms with van der Waals surface area (Å²) in [6.07, 6.45) is -5.38. The smallest absolute Gasteiger partial charge is 0.475 e. The number of alkyl halides is 3. The number of nitrogen functional groups attached to an aromatic ring is 1. The molecule has 2 aromatic heterocycles. The normalized spacial score (nSPS) is 20.6. The van der Waals surface area contributed by atoms with Crippen LogP contribution in [-0.4, -0.2) is 89.6 Å². The number of imidazole rings is 1. The van der Waals surface area contributed by atoms with E-state index in [4.69, 9.17) is 20.4 Å². The first-order valence-electron chi connectivity index (χ1n) is 13.5. The van der Waals surface area contributed by atoms with Crippen LogP contribution in [0.3, 0.4) is 0 Å². The number of aromatic nitrogens is 4. The Hall–Kier alpha value is -4.88. The fraction of sp³-hybridized carbons (Fsp3) is 0.423. The van der Waals surface area contributed by atoms with Gasteiger partial charge in [0.15, 0.2) is 17.7 Å². The van der Waals surface area contributed by atoms with Crippen LogP contribution >= 0.6 is 0 Å². The van der Waals surface area contributed by atoms with Crippen molar-refractivity contribution in [2.45, 2.75) is 62.9 Å². The van der Waals surface area contributed by atoms with Crippen molar-refractivity contribution in [1.29, 1.82) is 0 Å². The van der Waals surface area contributed by atoms with E-state index < -0.39 is 36.7 Å². The van der Waals surface area contributed by atoms with Gasteiger partial charge in [0.2, 0.25) is 11.8 Å². The fourth-order valence-corrected chi connectivity index (χ4v) is 4.64. The summed E-state index contributed by atoms with van der Waals surface area (Å²) in [5.74, 6) is -3.19. The van der Waals surface area contributed by atoms with Crippen LogP contribution in [0.5, 0.6) is 0 Å². The number of ether oxygens (including phenoxy) is 1. The van der Waals surface area contributed by atoms with Gasteiger partial charge in [-0.1, -0.05) is 6.07 Å². The van der Waals surface area contributed by atoms with Crippen molar-refractivity contribution < 1.29 is 52.4 Å². The van der Waals surface area contributed by atoms with Gasteiger partial charge in [-0.25, -0.2) is 19.7 Å². The number of nitrogens with one attached hydrogen (secondary N) is 3. The van der Waals surface area contributed by atoms with E-state index in [1.807, 2.05) is 0 Å². The first kappa shape index (κ1) is 33.0. The van der Waals surface area contributed by atoms with Gasteiger partial charge >= 0.3 is 12.1 Å². The summed E-state index contributed by atoms with van der Waals surface area (Å²) in [5, 5.41) is 36.4. The molecule has 0 saturated carbocycles. The third-order valence-electron chi connectivity index (χ3n) is 6.92. The summed E-state index contributed by atoms with van der Waals surface area (Å²) in [7, 11) is 0. The number of amides is 3. The maximum absolute atomic E-state index is 12.3.